The molecule has 0 bridgehead atoms. The Morgan fingerprint density at radius 1 is 0.935 bits per heavy atom. The lowest BCUT2D eigenvalue weighted by Gasteiger charge is -2.16. The summed E-state index contributed by atoms with van der Waals surface area (Å²) in [6.07, 6.45) is 0. The van der Waals surface area contributed by atoms with Gasteiger partial charge in [0.2, 0.25) is 0 Å². The minimum absolute atomic E-state index is 0.0375. The number of nitrogens with one attached hydrogen (secondary N) is 2. The van der Waals surface area contributed by atoms with Gasteiger partial charge < -0.3 is 5.32 Å². The Morgan fingerprint density at radius 3 is 2.29 bits per heavy atom. The lowest BCUT2D eigenvalue weighted by molar-refractivity contribution is 0.0939. The Hall–Kier alpha value is -3.19. The molecule has 0 fully saturated rings. The highest BCUT2D eigenvalue weighted by Crippen LogP contribution is 2.25. The summed E-state index contributed by atoms with van der Waals surface area (Å²) in [6.45, 7) is 7.21. The van der Waals surface area contributed by atoms with Crippen LogP contribution >= 0.6 is 0 Å². The van der Waals surface area contributed by atoms with Crippen molar-refractivity contribution < 1.29 is 17.6 Å². The van der Waals surface area contributed by atoms with Crippen molar-refractivity contribution in [3.05, 3.63) is 94.3 Å². The first kappa shape index (κ1) is 22.5. The van der Waals surface area contributed by atoms with Gasteiger partial charge in [-0.05, 0) is 80.3 Å². The molecule has 162 valence electrons. The maximum absolute atomic E-state index is 13.1. The summed E-state index contributed by atoms with van der Waals surface area (Å²) in [5.41, 5.74) is 3.80. The van der Waals surface area contributed by atoms with Gasteiger partial charge in [0.1, 0.15) is 5.82 Å². The van der Waals surface area contributed by atoms with Crippen LogP contribution in [0.2, 0.25) is 0 Å². The van der Waals surface area contributed by atoms with Crippen LogP contribution in [0, 0.1) is 26.6 Å². The van der Waals surface area contributed by atoms with Gasteiger partial charge in [-0.3, -0.25) is 9.52 Å². The van der Waals surface area contributed by atoms with E-state index < -0.39 is 15.9 Å². The van der Waals surface area contributed by atoms with Gasteiger partial charge in [0.15, 0.2) is 0 Å². The number of carbonyl (C=O) groups is 1. The SMILES string of the molecule is Cc1ccc(C(=O)NC(C)c2ccc(F)cc2)cc1S(=O)(=O)Nc1cccc(C)c1C. The quantitative estimate of drug-likeness (QED) is 0.564. The molecule has 0 saturated heterocycles. The van der Waals surface area contributed by atoms with Crippen LogP contribution in [0.3, 0.4) is 0 Å². The van der Waals surface area contributed by atoms with E-state index in [2.05, 4.69) is 10.0 Å². The molecule has 0 aliphatic heterocycles. The Kier molecular flexibility index (Phi) is 6.45. The Labute approximate surface area is 182 Å². The number of anilines is 1. The van der Waals surface area contributed by atoms with Gasteiger partial charge in [0.25, 0.3) is 15.9 Å². The third-order valence-electron chi connectivity index (χ3n) is 5.31. The second-order valence-corrected chi connectivity index (χ2v) is 9.23. The lowest BCUT2D eigenvalue weighted by atomic mass is 10.1. The van der Waals surface area contributed by atoms with E-state index in [0.717, 1.165) is 16.7 Å². The van der Waals surface area contributed by atoms with Gasteiger partial charge in [-0.25, -0.2) is 12.8 Å². The normalized spacial score (nSPS) is 12.3. The van der Waals surface area contributed by atoms with Gasteiger partial charge in [-0.1, -0.05) is 30.3 Å². The van der Waals surface area contributed by atoms with Crippen LogP contribution in [0.4, 0.5) is 10.1 Å². The fourth-order valence-electron chi connectivity index (χ4n) is 3.21. The van der Waals surface area contributed by atoms with E-state index in [-0.39, 0.29) is 22.3 Å². The van der Waals surface area contributed by atoms with E-state index in [9.17, 15) is 17.6 Å². The minimum Gasteiger partial charge on any atom is -0.346 e. The Balaban J connectivity index is 1.85. The highest BCUT2D eigenvalue weighted by Gasteiger charge is 2.21. The summed E-state index contributed by atoms with van der Waals surface area (Å²) < 4.78 is 41.9. The number of benzene rings is 3. The maximum Gasteiger partial charge on any atom is 0.262 e. The summed E-state index contributed by atoms with van der Waals surface area (Å²) >= 11 is 0. The van der Waals surface area contributed by atoms with Crippen LogP contribution in [-0.2, 0) is 10.0 Å². The molecule has 31 heavy (non-hydrogen) atoms. The third-order valence-corrected chi connectivity index (χ3v) is 6.81. The van der Waals surface area contributed by atoms with Gasteiger partial charge in [0, 0.05) is 5.56 Å². The minimum atomic E-state index is -3.90. The molecule has 3 rings (SSSR count). The molecule has 0 aliphatic rings. The van der Waals surface area contributed by atoms with Crippen molar-refractivity contribution in [2.24, 2.45) is 0 Å². The summed E-state index contributed by atoms with van der Waals surface area (Å²) in [6, 6.07) is 15.4. The predicted octanol–water partition coefficient (Wildman–Crippen LogP) is 5.04. The topological polar surface area (TPSA) is 75.3 Å². The summed E-state index contributed by atoms with van der Waals surface area (Å²) in [5.74, 6) is -0.771. The van der Waals surface area contributed by atoms with E-state index in [1.165, 1.54) is 18.2 Å². The monoisotopic (exact) mass is 440 g/mol. The molecule has 0 heterocycles. The average molecular weight is 441 g/mol. The van der Waals surface area contributed by atoms with Crippen molar-refractivity contribution >= 4 is 21.6 Å². The van der Waals surface area contributed by atoms with Crippen molar-refractivity contribution in [3.8, 4) is 0 Å². The van der Waals surface area contributed by atoms with E-state index in [1.54, 1.807) is 50.2 Å². The number of hydrogen-bond donors (Lipinski definition) is 2. The molecule has 0 aliphatic carbocycles. The third kappa shape index (κ3) is 5.11. The fourth-order valence-corrected chi connectivity index (χ4v) is 4.60. The first-order chi connectivity index (χ1) is 14.6. The molecular weight excluding hydrogens is 415 g/mol. The zero-order valence-electron chi connectivity index (χ0n) is 17.9. The number of hydrogen-bond acceptors (Lipinski definition) is 3. The van der Waals surface area contributed by atoms with E-state index in [1.807, 2.05) is 19.9 Å². The van der Waals surface area contributed by atoms with Crippen molar-refractivity contribution in [2.75, 3.05) is 4.72 Å². The first-order valence-electron chi connectivity index (χ1n) is 9.84. The molecule has 1 amide bonds. The molecule has 0 saturated carbocycles. The van der Waals surface area contributed by atoms with Crippen LogP contribution in [0.25, 0.3) is 0 Å². The Bertz CT molecular complexity index is 1220. The molecule has 1 unspecified atom stereocenters. The zero-order chi connectivity index (χ0) is 22.8. The largest absolute Gasteiger partial charge is 0.346 e. The second kappa shape index (κ2) is 8.89. The van der Waals surface area contributed by atoms with E-state index in [4.69, 9.17) is 0 Å². The summed E-state index contributed by atoms with van der Waals surface area (Å²) in [5, 5.41) is 2.82. The second-order valence-electron chi connectivity index (χ2n) is 7.58. The Morgan fingerprint density at radius 2 is 1.61 bits per heavy atom. The number of rotatable bonds is 6. The van der Waals surface area contributed by atoms with Crippen LogP contribution < -0.4 is 10.0 Å². The first-order valence-corrected chi connectivity index (χ1v) is 11.3. The fraction of sp³-hybridized carbons (Fsp3) is 0.208. The van der Waals surface area contributed by atoms with E-state index in [0.29, 0.717) is 11.3 Å². The molecule has 2 N–H and O–H groups in total. The van der Waals surface area contributed by atoms with Crippen molar-refractivity contribution in [1.29, 1.82) is 0 Å². The highest BCUT2D eigenvalue weighted by atomic mass is 32.2. The predicted molar refractivity (Wildman–Crippen MR) is 120 cm³/mol. The number of halogens is 1. The summed E-state index contributed by atoms with van der Waals surface area (Å²) in [7, 11) is -3.90. The van der Waals surface area contributed by atoms with Crippen LogP contribution in [-0.4, -0.2) is 14.3 Å². The molecule has 0 radical (unpaired) electrons. The molecule has 5 nitrogen and oxygen atoms in total. The molecule has 1 atom stereocenters. The molecule has 0 spiro atoms. The lowest BCUT2D eigenvalue weighted by Crippen LogP contribution is -2.27. The molecule has 3 aromatic carbocycles. The van der Waals surface area contributed by atoms with Crippen molar-refractivity contribution in [1.82, 2.24) is 5.32 Å². The van der Waals surface area contributed by atoms with Crippen LogP contribution in [0.15, 0.2) is 65.6 Å². The van der Waals surface area contributed by atoms with Gasteiger partial charge in [-0.15, -0.1) is 0 Å². The van der Waals surface area contributed by atoms with Crippen LogP contribution in [0.5, 0.6) is 0 Å². The van der Waals surface area contributed by atoms with E-state index >= 15 is 0 Å². The van der Waals surface area contributed by atoms with Crippen molar-refractivity contribution in [2.45, 2.75) is 38.6 Å². The standard InChI is InChI=1S/C24H25FN2O3S/c1-15-6-5-7-22(17(15)3)27-31(29,30)23-14-20(9-8-16(23)2)24(28)26-18(4)19-10-12-21(25)13-11-19/h5-14,18,27H,1-4H3,(H,26,28). The van der Waals surface area contributed by atoms with Gasteiger partial charge >= 0.3 is 0 Å². The number of amides is 1. The number of aryl methyl sites for hydroxylation is 2. The van der Waals surface area contributed by atoms with Gasteiger partial charge in [-0.2, -0.15) is 0 Å². The number of carbonyl (C=O) groups excluding carboxylic acids is 1. The number of sulfonamides is 1. The van der Waals surface area contributed by atoms with Gasteiger partial charge in [0.05, 0.1) is 16.6 Å². The summed E-state index contributed by atoms with van der Waals surface area (Å²) in [4.78, 5) is 12.8. The zero-order valence-corrected chi connectivity index (χ0v) is 18.7. The smallest absolute Gasteiger partial charge is 0.262 e. The average Bonchev–Trinajstić information content (AvgIpc) is 2.72. The van der Waals surface area contributed by atoms with Crippen LogP contribution in [0.1, 0.15) is 45.6 Å². The molecule has 0 aromatic heterocycles. The molecular formula is C24H25FN2O3S. The molecule has 3 aromatic rings. The highest BCUT2D eigenvalue weighted by molar-refractivity contribution is 7.92. The van der Waals surface area contributed by atoms with Crippen molar-refractivity contribution in [3.63, 3.8) is 0 Å². The maximum atomic E-state index is 13.1. The molecule has 7 heteroatoms.